The zero-order valence-corrected chi connectivity index (χ0v) is 16.7. The number of hydrazone groups is 1. The normalized spacial score (nSPS) is 11.2. The zero-order valence-electron chi connectivity index (χ0n) is 15.2. The van der Waals surface area contributed by atoms with Crippen LogP contribution in [0.3, 0.4) is 0 Å². The Morgan fingerprint density at radius 2 is 1.64 bits per heavy atom. The molecule has 6 heteroatoms. The van der Waals surface area contributed by atoms with E-state index in [4.69, 9.17) is 27.9 Å². The molecule has 0 atom stereocenters. The lowest BCUT2D eigenvalue weighted by Crippen LogP contribution is -2.25. The van der Waals surface area contributed by atoms with Crippen LogP contribution in [0.25, 0.3) is 11.1 Å². The Hall–Kier alpha value is -2.82. The van der Waals surface area contributed by atoms with Crippen molar-refractivity contribution in [3.05, 3.63) is 88.4 Å². The summed E-state index contributed by atoms with van der Waals surface area (Å²) in [5.74, 6) is -0.0437. The number of ether oxygens (including phenoxy) is 1. The monoisotopic (exact) mass is 412 g/mol. The molecule has 0 saturated heterocycles. The minimum absolute atomic E-state index is 0.218. The molecule has 0 aliphatic heterocycles. The topological polar surface area (TPSA) is 50.7 Å². The number of hydrogen-bond donors (Lipinski definition) is 1. The third-order valence-electron chi connectivity index (χ3n) is 4.01. The van der Waals surface area contributed by atoms with Gasteiger partial charge in [-0.25, -0.2) is 5.43 Å². The molecule has 4 nitrogen and oxygen atoms in total. The molecule has 0 aliphatic rings. The summed E-state index contributed by atoms with van der Waals surface area (Å²) in [5, 5.41) is 4.99. The molecule has 142 valence electrons. The first-order chi connectivity index (χ1) is 13.5. The maximum atomic E-state index is 12.0. The number of nitrogens with zero attached hydrogens (tertiary/aromatic N) is 1. The lowest BCUT2D eigenvalue weighted by Gasteiger charge is -2.08. The highest BCUT2D eigenvalue weighted by atomic mass is 35.5. The number of amides is 1. The van der Waals surface area contributed by atoms with E-state index in [1.165, 1.54) is 0 Å². The molecule has 3 aromatic carbocycles. The van der Waals surface area contributed by atoms with Gasteiger partial charge in [0.05, 0.1) is 10.7 Å². The fourth-order valence-corrected chi connectivity index (χ4v) is 2.84. The molecule has 0 fully saturated rings. The summed E-state index contributed by atoms with van der Waals surface area (Å²) in [7, 11) is 0. The second-order valence-electron chi connectivity index (χ2n) is 6.04. The van der Waals surface area contributed by atoms with Crippen LogP contribution in [0.1, 0.15) is 12.5 Å². The number of hydrogen-bond acceptors (Lipinski definition) is 3. The van der Waals surface area contributed by atoms with Crippen LogP contribution in [-0.4, -0.2) is 18.2 Å². The SMILES string of the molecule is C/C(=N\NC(=O)COc1cc(Cl)ccc1Cl)c1ccc(-c2ccccc2)cc1. The van der Waals surface area contributed by atoms with E-state index in [-0.39, 0.29) is 6.61 Å². The van der Waals surface area contributed by atoms with E-state index in [1.807, 2.05) is 49.4 Å². The van der Waals surface area contributed by atoms with Gasteiger partial charge in [0.15, 0.2) is 6.61 Å². The predicted octanol–water partition coefficient (Wildman–Crippen LogP) is 5.58. The van der Waals surface area contributed by atoms with Gasteiger partial charge in [0, 0.05) is 11.1 Å². The van der Waals surface area contributed by atoms with Gasteiger partial charge in [-0.1, -0.05) is 77.8 Å². The molecule has 0 heterocycles. The van der Waals surface area contributed by atoms with Crippen molar-refractivity contribution in [3.63, 3.8) is 0 Å². The highest BCUT2D eigenvalue weighted by Gasteiger charge is 2.07. The molecule has 0 aliphatic carbocycles. The van der Waals surface area contributed by atoms with Crippen molar-refractivity contribution < 1.29 is 9.53 Å². The van der Waals surface area contributed by atoms with Gasteiger partial charge in [0.2, 0.25) is 0 Å². The van der Waals surface area contributed by atoms with Crippen LogP contribution >= 0.6 is 23.2 Å². The van der Waals surface area contributed by atoms with E-state index in [0.717, 1.165) is 16.7 Å². The van der Waals surface area contributed by atoms with E-state index in [9.17, 15) is 4.79 Å². The molecule has 0 spiro atoms. The Labute approximate surface area is 173 Å². The van der Waals surface area contributed by atoms with Crippen LogP contribution in [-0.2, 0) is 4.79 Å². The van der Waals surface area contributed by atoms with Crippen LogP contribution in [0.15, 0.2) is 77.9 Å². The third-order valence-corrected chi connectivity index (χ3v) is 4.56. The molecule has 0 aromatic heterocycles. The number of carbonyl (C=O) groups excluding carboxylic acids is 1. The summed E-state index contributed by atoms with van der Waals surface area (Å²) < 4.78 is 5.38. The lowest BCUT2D eigenvalue weighted by atomic mass is 10.0. The number of carbonyl (C=O) groups is 1. The van der Waals surface area contributed by atoms with Gasteiger partial charge in [0.1, 0.15) is 5.75 Å². The number of benzene rings is 3. The maximum Gasteiger partial charge on any atom is 0.277 e. The molecule has 0 bridgehead atoms. The van der Waals surface area contributed by atoms with E-state index in [2.05, 4.69) is 22.7 Å². The number of nitrogens with one attached hydrogen (secondary N) is 1. The van der Waals surface area contributed by atoms with Gasteiger partial charge < -0.3 is 4.74 Å². The number of rotatable bonds is 6. The largest absolute Gasteiger partial charge is 0.482 e. The van der Waals surface area contributed by atoms with E-state index < -0.39 is 5.91 Å². The molecule has 0 saturated carbocycles. The molecule has 0 radical (unpaired) electrons. The molecular weight excluding hydrogens is 395 g/mol. The van der Waals surface area contributed by atoms with Gasteiger partial charge >= 0.3 is 0 Å². The molecule has 3 rings (SSSR count). The Bertz CT molecular complexity index is 987. The average molecular weight is 413 g/mol. The molecule has 0 unspecified atom stereocenters. The Morgan fingerprint density at radius 1 is 0.964 bits per heavy atom. The fourth-order valence-electron chi connectivity index (χ4n) is 2.51. The Balaban J connectivity index is 1.57. The molecular formula is C22H18Cl2N2O2. The number of halogens is 2. The lowest BCUT2D eigenvalue weighted by molar-refractivity contribution is -0.123. The molecule has 1 N–H and O–H groups in total. The third kappa shape index (κ3) is 5.35. The summed E-state index contributed by atoms with van der Waals surface area (Å²) in [6, 6.07) is 22.9. The maximum absolute atomic E-state index is 12.0. The highest BCUT2D eigenvalue weighted by molar-refractivity contribution is 6.34. The van der Waals surface area contributed by atoms with Crippen molar-refractivity contribution in [3.8, 4) is 16.9 Å². The summed E-state index contributed by atoms with van der Waals surface area (Å²) in [5.41, 5.74) is 6.35. The standard InChI is InChI=1S/C22H18Cl2N2O2/c1-15(16-7-9-18(10-8-16)17-5-3-2-4-6-17)25-26-22(27)14-28-21-13-19(23)11-12-20(21)24/h2-13H,14H2,1H3,(H,26,27)/b25-15+. The first-order valence-electron chi connectivity index (χ1n) is 8.60. The summed E-state index contributed by atoms with van der Waals surface area (Å²) in [4.78, 5) is 12.0. The van der Waals surface area contributed by atoms with Crippen LogP contribution < -0.4 is 10.2 Å². The van der Waals surface area contributed by atoms with Crippen LogP contribution in [0.4, 0.5) is 0 Å². The summed E-state index contributed by atoms with van der Waals surface area (Å²) >= 11 is 11.9. The van der Waals surface area contributed by atoms with Crippen molar-refractivity contribution in [2.24, 2.45) is 5.10 Å². The second kappa shape index (κ2) is 9.40. The Morgan fingerprint density at radius 3 is 2.36 bits per heavy atom. The van der Waals surface area contributed by atoms with Crippen LogP contribution in [0, 0.1) is 0 Å². The van der Waals surface area contributed by atoms with Gasteiger partial charge in [0.25, 0.3) is 5.91 Å². The van der Waals surface area contributed by atoms with Gasteiger partial charge in [-0.3, -0.25) is 4.79 Å². The Kier molecular flexibility index (Phi) is 6.69. The van der Waals surface area contributed by atoms with Crippen molar-refractivity contribution >= 4 is 34.8 Å². The average Bonchev–Trinajstić information content (AvgIpc) is 2.73. The quantitative estimate of drug-likeness (QED) is 0.424. The highest BCUT2D eigenvalue weighted by Crippen LogP contribution is 2.27. The van der Waals surface area contributed by atoms with Gasteiger partial charge in [-0.15, -0.1) is 0 Å². The van der Waals surface area contributed by atoms with Crippen LogP contribution in [0.2, 0.25) is 10.0 Å². The minimum atomic E-state index is -0.392. The second-order valence-corrected chi connectivity index (χ2v) is 6.88. The first-order valence-corrected chi connectivity index (χ1v) is 9.35. The first kappa shape index (κ1) is 19.9. The fraction of sp³-hybridized carbons (Fsp3) is 0.0909. The minimum Gasteiger partial charge on any atom is -0.482 e. The van der Waals surface area contributed by atoms with E-state index in [0.29, 0.717) is 21.5 Å². The predicted molar refractivity (Wildman–Crippen MR) is 114 cm³/mol. The van der Waals surface area contributed by atoms with Crippen molar-refractivity contribution in [1.82, 2.24) is 5.43 Å². The summed E-state index contributed by atoms with van der Waals surface area (Å²) in [6.45, 7) is 1.61. The van der Waals surface area contributed by atoms with Crippen LogP contribution in [0.5, 0.6) is 5.75 Å². The summed E-state index contributed by atoms with van der Waals surface area (Å²) in [6.07, 6.45) is 0. The molecule has 1 amide bonds. The van der Waals surface area contributed by atoms with E-state index >= 15 is 0 Å². The van der Waals surface area contributed by atoms with Gasteiger partial charge in [-0.05, 0) is 35.7 Å². The van der Waals surface area contributed by atoms with Gasteiger partial charge in [-0.2, -0.15) is 5.10 Å². The van der Waals surface area contributed by atoms with Crippen molar-refractivity contribution in [2.45, 2.75) is 6.92 Å². The molecule has 3 aromatic rings. The van der Waals surface area contributed by atoms with Crippen molar-refractivity contribution in [1.29, 1.82) is 0 Å². The smallest absolute Gasteiger partial charge is 0.277 e. The molecule has 28 heavy (non-hydrogen) atoms. The zero-order chi connectivity index (χ0) is 19.9. The van der Waals surface area contributed by atoms with Crippen molar-refractivity contribution in [2.75, 3.05) is 6.61 Å². The van der Waals surface area contributed by atoms with E-state index in [1.54, 1.807) is 18.2 Å².